The first-order valence-corrected chi connectivity index (χ1v) is 6.48. The highest BCUT2D eigenvalue weighted by Crippen LogP contribution is 2.25. The van der Waals surface area contributed by atoms with Gasteiger partial charge in [0.05, 0.1) is 19.4 Å². The largest absolute Gasteiger partial charge is 0.463 e. The fourth-order valence-corrected chi connectivity index (χ4v) is 2.23. The molecular weight excluding hydrogens is 278 g/mol. The van der Waals surface area contributed by atoms with Crippen LogP contribution < -0.4 is 0 Å². The van der Waals surface area contributed by atoms with Gasteiger partial charge in [-0.3, -0.25) is 0 Å². The molecule has 102 valence electrons. The zero-order chi connectivity index (χ0) is 13.9. The minimum Gasteiger partial charge on any atom is -0.463 e. The van der Waals surface area contributed by atoms with Crippen molar-refractivity contribution in [3.63, 3.8) is 0 Å². The van der Waals surface area contributed by atoms with Crippen molar-refractivity contribution in [2.75, 3.05) is 0 Å². The Kier molecular flexibility index (Phi) is 3.54. The molecule has 0 aliphatic heterocycles. The van der Waals surface area contributed by atoms with E-state index in [4.69, 9.17) is 16.0 Å². The summed E-state index contributed by atoms with van der Waals surface area (Å²) in [6.45, 7) is 0.265. The average Bonchev–Trinajstić information content (AvgIpc) is 3.09. The molecule has 0 unspecified atom stereocenters. The molecule has 0 amide bonds. The number of hydrogen-bond donors (Lipinski definition) is 1. The number of rotatable bonds is 4. The molecule has 0 fully saturated rings. The zero-order valence-electron chi connectivity index (χ0n) is 10.5. The van der Waals surface area contributed by atoms with Gasteiger partial charge in [0, 0.05) is 5.02 Å². The van der Waals surface area contributed by atoms with Crippen molar-refractivity contribution in [2.45, 2.75) is 13.2 Å². The van der Waals surface area contributed by atoms with Crippen LogP contribution in [-0.2, 0) is 13.2 Å². The van der Waals surface area contributed by atoms with Gasteiger partial charge in [0.2, 0.25) is 0 Å². The fourth-order valence-electron chi connectivity index (χ4n) is 2.04. The van der Waals surface area contributed by atoms with Crippen LogP contribution in [0.1, 0.15) is 11.3 Å². The third-order valence-electron chi connectivity index (χ3n) is 2.99. The maximum absolute atomic E-state index is 9.37. The monoisotopic (exact) mass is 289 g/mol. The summed E-state index contributed by atoms with van der Waals surface area (Å²) in [7, 11) is 0. The highest BCUT2D eigenvalue weighted by Gasteiger charge is 2.17. The predicted molar refractivity (Wildman–Crippen MR) is 74.2 cm³/mol. The maximum Gasteiger partial charge on any atom is 0.153 e. The molecule has 0 atom stereocenters. The summed E-state index contributed by atoms with van der Waals surface area (Å²) in [5, 5.41) is 18.1. The summed E-state index contributed by atoms with van der Waals surface area (Å²) < 4.78 is 7.06. The van der Waals surface area contributed by atoms with Crippen LogP contribution in [0.2, 0.25) is 5.02 Å². The van der Waals surface area contributed by atoms with Gasteiger partial charge in [0.15, 0.2) is 5.76 Å². The van der Waals surface area contributed by atoms with Crippen LogP contribution in [0.3, 0.4) is 0 Å². The summed E-state index contributed by atoms with van der Waals surface area (Å²) in [6, 6.07) is 11.1. The second kappa shape index (κ2) is 5.48. The molecule has 0 aliphatic carbocycles. The molecule has 2 heterocycles. The molecular formula is C14H12ClN3O2. The number of aliphatic hydroxyl groups is 1. The number of aromatic nitrogens is 3. The van der Waals surface area contributed by atoms with Gasteiger partial charge in [-0.15, -0.1) is 5.10 Å². The van der Waals surface area contributed by atoms with Gasteiger partial charge in [-0.2, -0.15) is 0 Å². The predicted octanol–water partition coefficient (Wildman–Crippen LogP) is 2.73. The van der Waals surface area contributed by atoms with Crippen molar-refractivity contribution >= 4 is 11.6 Å². The SMILES string of the molecule is OCc1nnn(Cc2ccccc2Cl)c1-c1ccco1. The second-order valence-electron chi connectivity index (χ2n) is 4.27. The zero-order valence-corrected chi connectivity index (χ0v) is 11.3. The first-order chi connectivity index (χ1) is 9.79. The molecule has 0 bridgehead atoms. The molecule has 5 nitrogen and oxygen atoms in total. The van der Waals surface area contributed by atoms with E-state index >= 15 is 0 Å². The van der Waals surface area contributed by atoms with Crippen molar-refractivity contribution in [2.24, 2.45) is 0 Å². The van der Waals surface area contributed by atoms with Gasteiger partial charge < -0.3 is 9.52 Å². The molecule has 0 radical (unpaired) electrons. The lowest BCUT2D eigenvalue weighted by atomic mass is 10.2. The van der Waals surface area contributed by atoms with Crippen LogP contribution in [-0.4, -0.2) is 20.1 Å². The summed E-state index contributed by atoms with van der Waals surface area (Å²) in [6.07, 6.45) is 1.57. The minimum absolute atomic E-state index is 0.196. The van der Waals surface area contributed by atoms with E-state index < -0.39 is 0 Å². The molecule has 0 saturated heterocycles. The number of aliphatic hydroxyl groups excluding tert-OH is 1. The third kappa shape index (κ3) is 2.33. The molecule has 20 heavy (non-hydrogen) atoms. The Morgan fingerprint density at radius 3 is 2.75 bits per heavy atom. The third-order valence-corrected chi connectivity index (χ3v) is 3.36. The van der Waals surface area contributed by atoms with Crippen molar-refractivity contribution in [3.8, 4) is 11.5 Å². The Morgan fingerprint density at radius 2 is 2.05 bits per heavy atom. The fraction of sp³-hybridized carbons (Fsp3) is 0.143. The lowest BCUT2D eigenvalue weighted by molar-refractivity contribution is 0.277. The molecule has 0 aliphatic rings. The van der Waals surface area contributed by atoms with Gasteiger partial charge in [-0.25, -0.2) is 4.68 Å². The van der Waals surface area contributed by atoms with E-state index in [1.807, 2.05) is 24.3 Å². The Bertz CT molecular complexity index is 707. The van der Waals surface area contributed by atoms with Gasteiger partial charge in [-0.1, -0.05) is 35.0 Å². The Labute approximate surface area is 120 Å². The molecule has 6 heteroatoms. The van der Waals surface area contributed by atoms with Crippen LogP contribution in [0.25, 0.3) is 11.5 Å². The maximum atomic E-state index is 9.37. The van der Waals surface area contributed by atoms with E-state index in [2.05, 4.69) is 10.3 Å². The highest BCUT2D eigenvalue weighted by atomic mass is 35.5. The highest BCUT2D eigenvalue weighted by molar-refractivity contribution is 6.31. The Balaban J connectivity index is 2.03. The summed E-state index contributed by atoms with van der Waals surface area (Å²) in [5.41, 5.74) is 2.07. The minimum atomic E-state index is -0.196. The topological polar surface area (TPSA) is 64.1 Å². The number of halogens is 1. The molecule has 2 aromatic heterocycles. The summed E-state index contributed by atoms with van der Waals surface area (Å²) in [4.78, 5) is 0. The van der Waals surface area contributed by atoms with E-state index in [-0.39, 0.29) is 6.61 Å². The molecule has 3 rings (SSSR count). The van der Waals surface area contributed by atoms with Crippen LogP contribution in [0, 0.1) is 0 Å². The van der Waals surface area contributed by atoms with Crippen molar-refractivity contribution < 1.29 is 9.52 Å². The van der Waals surface area contributed by atoms with Crippen LogP contribution in [0.5, 0.6) is 0 Å². The quantitative estimate of drug-likeness (QED) is 0.802. The first-order valence-electron chi connectivity index (χ1n) is 6.10. The van der Waals surface area contributed by atoms with Gasteiger partial charge in [0.25, 0.3) is 0 Å². The van der Waals surface area contributed by atoms with Crippen molar-refractivity contribution in [1.29, 1.82) is 0 Å². The summed E-state index contributed by atoms with van der Waals surface area (Å²) in [5.74, 6) is 0.617. The first kappa shape index (κ1) is 12.9. The van der Waals surface area contributed by atoms with Crippen molar-refractivity contribution in [1.82, 2.24) is 15.0 Å². The van der Waals surface area contributed by atoms with Gasteiger partial charge in [0.1, 0.15) is 11.4 Å². The lowest BCUT2D eigenvalue weighted by Gasteiger charge is -2.07. The standard InChI is InChI=1S/C14H12ClN3O2/c15-11-5-2-1-4-10(11)8-18-14(12(9-19)16-17-18)13-6-3-7-20-13/h1-7,19H,8-9H2. The van der Waals surface area contributed by atoms with Crippen LogP contribution in [0.4, 0.5) is 0 Å². The molecule has 1 N–H and O–H groups in total. The number of benzene rings is 1. The molecule has 0 saturated carbocycles. The lowest BCUT2D eigenvalue weighted by Crippen LogP contribution is -2.04. The number of hydrogen-bond acceptors (Lipinski definition) is 4. The van der Waals surface area contributed by atoms with Crippen LogP contribution in [0.15, 0.2) is 47.1 Å². The van der Waals surface area contributed by atoms with E-state index in [1.165, 1.54) is 0 Å². The summed E-state index contributed by atoms with van der Waals surface area (Å²) >= 11 is 6.16. The van der Waals surface area contributed by atoms with Gasteiger partial charge >= 0.3 is 0 Å². The van der Waals surface area contributed by atoms with E-state index in [0.29, 0.717) is 28.7 Å². The molecule has 3 aromatic rings. The van der Waals surface area contributed by atoms with E-state index in [9.17, 15) is 5.11 Å². The molecule has 0 spiro atoms. The van der Waals surface area contributed by atoms with E-state index in [0.717, 1.165) is 5.56 Å². The number of furan rings is 1. The number of nitrogens with zero attached hydrogens (tertiary/aromatic N) is 3. The smallest absolute Gasteiger partial charge is 0.153 e. The van der Waals surface area contributed by atoms with Crippen molar-refractivity contribution in [3.05, 3.63) is 58.9 Å². The molecule has 1 aromatic carbocycles. The normalized spacial score (nSPS) is 10.9. The van der Waals surface area contributed by atoms with E-state index in [1.54, 1.807) is 23.1 Å². The average molecular weight is 290 g/mol. The van der Waals surface area contributed by atoms with Gasteiger partial charge in [-0.05, 0) is 23.8 Å². The Hall–Kier alpha value is -2.11. The van der Waals surface area contributed by atoms with Crippen LogP contribution >= 0.6 is 11.6 Å². The Morgan fingerprint density at radius 1 is 1.20 bits per heavy atom. The second-order valence-corrected chi connectivity index (χ2v) is 4.68.